The van der Waals surface area contributed by atoms with E-state index < -0.39 is 0 Å². The van der Waals surface area contributed by atoms with Crippen molar-refractivity contribution in [2.75, 3.05) is 47.4 Å². The Kier molecular flexibility index (Phi) is 5.08. The Balaban J connectivity index is 2.15. The van der Waals surface area contributed by atoms with Gasteiger partial charge in [0.2, 0.25) is 0 Å². The van der Waals surface area contributed by atoms with E-state index in [0.717, 1.165) is 49.7 Å². The molecule has 0 amide bonds. The van der Waals surface area contributed by atoms with Crippen LogP contribution in [0, 0.1) is 0 Å². The van der Waals surface area contributed by atoms with Gasteiger partial charge in [0.1, 0.15) is 11.5 Å². The van der Waals surface area contributed by atoms with Gasteiger partial charge in [0.05, 0.1) is 19.9 Å². The second kappa shape index (κ2) is 6.64. The average Bonchev–Trinajstić information content (AvgIpc) is 2.47. The molecule has 118 valence electrons. The number of likely N-dealkylation sites (N-methyl/N-ethyl adjacent to an activating group) is 1. The molecule has 1 atom stereocenters. The lowest BCUT2D eigenvalue weighted by Gasteiger charge is -2.43. The van der Waals surface area contributed by atoms with Gasteiger partial charge in [0.15, 0.2) is 0 Å². The maximum atomic E-state index is 6.60. The Morgan fingerprint density at radius 1 is 1.14 bits per heavy atom. The molecule has 0 bridgehead atoms. The number of methoxy groups -OCH3 is 2. The summed E-state index contributed by atoms with van der Waals surface area (Å²) < 4.78 is 10.8. The van der Waals surface area contributed by atoms with Crippen LogP contribution in [0.4, 0.5) is 0 Å². The molecule has 5 heteroatoms. The van der Waals surface area contributed by atoms with Gasteiger partial charge < -0.3 is 20.1 Å². The number of nitrogens with zero attached hydrogens (tertiary/aromatic N) is 2. The lowest BCUT2D eigenvalue weighted by atomic mass is 9.98. The maximum absolute atomic E-state index is 6.60. The van der Waals surface area contributed by atoms with Gasteiger partial charge in [-0.15, -0.1) is 0 Å². The number of rotatable bonds is 5. The van der Waals surface area contributed by atoms with Gasteiger partial charge in [0, 0.05) is 38.2 Å². The molecule has 1 aromatic rings. The fraction of sp³-hybridized carbons (Fsp3) is 0.625. The molecular weight excluding hydrogens is 266 g/mol. The molecule has 0 radical (unpaired) electrons. The molecule has 1 heterocycles. The largest absolute Gasteiger partial charge is 0.497 e. The first-order valence-corrected chi connectivity index (χ1v) is 7.39. The smallest absolute Gasteiger partial charge is 0.122 e. The molecule has 1 fully saturated rings. The molecule has 1 aliphatic rings. The van der Waals surface area contributed by atoms with Crippen molar-refractivity contribution in [2.45, 2.75) is 19.0 Å². The summed E-state index contributed by atoms with van der Waals surface area (Å²) in [6.45, 7) is 6.20. The summed E-state index contributed by atoms with van der Waals surface area (Å²) in [5.74, 6) is 1.70. The number of piperazine rings is 1. The van der Waals surface area contributed by atoms with Crippen molar-refractivity contribution in [1.29, 1.82) is 0 Å². The van der Waals surface area contributed by atoms with Gasteiger partial charge >= 0.3 is 0 Å². The SMILES string of the molecule is COc1ccc(OC)c(CC(C)(N)N2CCN(C)CC2)c1. The summed E-state index contributed by atoms with van der Waals surface area (Å²) in [5.41, 5.74) is 7.29. The fourth-order valence-electron chi connectivity index (χ4n) is 2.83. The van der Waals surface area contributed by atoms with Gasteiger partial charge in [-0.3, -0.25) is 4.90 Å². The highest BCUT2D eigenvalue weighted by molar-refractivity contribution is 5.41. The second-order valence-electron chi connectivity index (χ2n) is 6.00. The highest BCUT2D eigenvalue weighted by Gasteiger charge is 2.30. The molecule has 1 saturated heterocycles. The summed E-state index contributed by atoms with van der Waals surface area (Å²) in [6, 6.07) is 5.86. The summed E-state index contributed by atoms with van der Waals surface area (Å²) >= 11 is 0. The minimum Gasteiger partial charge on any atom is -0.497 e. The molecule has 0 aliphatic carbocycles. The van der Waals surface area contributed by atoms with Gasteiger partial charge in [-0.25, -0.2) is 0 Å². The number of nitrogens with two attached hydrogens (primary N) is 1. The predicted octanol–water partition coefficient (Wildman–Crippen LogP) is 1.17. The molecule has 21 heavy (non-hydrogen) atoms. The summed E-state index contributed by atoms with van der Waals surface area (Å²) in [5, 5.41) is 0. The molecule has 0 saturated carbocycles. The van der Waals surface area contributed by atoms with E-state index in [-0.39, 0.29) is 5.66 Å². The summed E-state index contributed by atoms with van der Waals surface area (Å²) in [6.07, 6.45) is 0.733. The van der Waals surface area contributed by atoms with Crippen LogP contribution >= 0.6 is 0 Å². The van der Waals surface area contributed by atoms with Crippen LogP contribution in [0.5, 0.6) is 11.5 Å². The number of ether oxygens (including phenoxy) is 2. The van der Waals surface area contributed by atoms with Crippen molar-refractivity contribution in [3.05, 3.63) is 23.8 Å². The summed E-state index contributed by atoms with van der Waals surface area (Å²) in [7, 11) is 5.51. The van der Waals surface area contributed by atoms with E-state index in [0.29, 0.717) is 0 Å². The second-order valence-corrected chi connectivity index (χ2v) is 6.00. The van der Waals surface area contributed by atoms with Crippen LogP contribution in [0.1, 0.15) is 12.5 Å². The van der Waals surface area contributed by atoms with Gasteiger partial charge in [0.25, 0.3) is 0 Å². The number of hydrogen-bond donors (Lipinski definition) is 1. The summed E-state index contributed by atoms with van der Waals surface area (Å²) in [4.78, 5) is 4.69. The van der Waals surface area contributed by atoms with Crippen LogP contribution in [0.2, 0.25) is 0 Å². The third-order valence-electron chi connectivity index (χ3n) is 4.26. The van der Waals surface area contributed by atoms with Crippen molar-refractivity contribution >= 4 is 0 Å². The zero-order valence-corrected chi connectivity index (χ0v) is 13.6. The van der Waals surface area contributed by atoms with Crippen LogP contribution in [0.15, 0.2) is 18.2 Å². The molecule has 0 aromatic heterocycles. The Morgan fingerprint density at radius 2 is 1.81 bits per heavy atom. The van der Waals surface area contributed by atoms with Crippen molar-refractivity contribution in [2.24, 2.45) is 5.73 Å². The van der Waals surface area contributed by atoms with Crippen molar-refractivity contribution in [3.63, 3.8) is 0 Å². The van der Waals surface area contributed by atoms with Crippen LogP contribution in [-0.2, 0) is 6.42 Å². The topological polar surface area (TPSA) is 51.0 Å². The Bertz CT molecular complexity index is 469. The quantitative estimate of drug-likeness (QED) is 0.883. The average molecular weight is 293 g/mol. The minimum atomic E-state index is -0.388. The molecule has 5 nitrogen and oxygen atoms in total. The van der Waals surface area contributed by atoms with Crippen LogP contribution in [-0.4, -0.2) is 62.9 Å². The first-order chi connectivity index (χ1) is 9.96. The fourth-order valence-corrected chi connectivity index (χ4v) is 2.83. The third-order valence-corrected chi connectivity index (χ3v) is 4.26. The molecule has 2 rings (SSSR count). The molecule has 1 unspecified atom stereocenters. The van der Waals surface area contributed by atoms with E-state index in [1.165, 1.54) is 0 Å². The number of hydrogen-bond acceptors (Lipinski definition) is 5. The standard InChI is InChI=1S/C16H27N3O2/c1-16(17,19-9-7-18(2)8-10-19)12-13-11-14(20-3)5-6-15(13)21-4/h5-6,11H,7-10,12,17H2,1-4H3. The third kappa shape index (κ3) is 3.87. The monoisotopic (exact) mass is 293 g/mol. The molecule has 2 N–H and O–H groups in total. The molecule has 0 spiro atoms. The Morgan fingerprint density at radius 3 is 2.38 bits per heavy atom. The van der Waals surface area contributed by atoms with Gasteiger partial charge in [-0.1, -0.05) is 0 Å². The lowest BCUT2D eigenvalue weighted by Crippen LogP contribution is -2.60. The normalized spacial score (nSPS) is 20.0. The Hall–Kier alpha value is -1.30. The maximum Gasteiger partial charge on any atom is 0.122 e. The van der Waals surface area contributed by atoms with Crippen molar-refractivity contribution < 1.29 is 9.47 Å². The molecular formula is C16H27N3O2. The van der Waals surface area contributed by atoms with E-state index in [9.17, 15) is 0 Å². The first kappa shape index (κ1) is 16.1. The zero-order chi connectivity index (χ0) is 15.5. The lowest BCUT2D eigenvalue weighted by molar-refractivity contribution is 0.0542. The highest BCUT2D eigenvalue weighted by Crippen LogP contribution is 2.28. The zero-order valence-electron chi connectivity index (χ0n) is 13.6. The minimum absolute atomic E-state index is 0.388. The predicted molar refractivity (Wildman–Crippen MR) is 84.9 cm³/mol. The van der Waals surface area contributed by atoms with E-state index in [4.69, 9.17) is 15.2 Å². The highest BCUT2D eigenvalue weighted by atomic mass is 16.5. The first-order valence-electron chi connectivity index (χ1n) is 7.39. The van der Waals surface area contributed by atoms with E-state index >= 15 is 0 Å². The Labute approximate surface area is 127 Å². The van der Waals surface area contributed by atoms with E-state index in [1.807, 2.05) is 18.2 Å². The van der Waals surface area contributed by atoms with Crippen LogP contribution in [0.25, 0.3) is 0 Å². The van der Waals surface area contributed by atoms with Crippen molar-refractivity contribution in [3.8, 4) is 11.5 Å². The number of benzene rings is 1. The van der Waals surface area contributed by atoms with E-state index in [2.05, 4.69) is 23.8 Å². The van der Waals surface area contributed by atoms with Crippen LogP contribution in [0.3, 0.4) is 0 Å². The van der Waals surface area contributed by atoms with Gasteiger partial charge in [-0.2, -0.15) is 0 Å². The van der Waals surface area contributed by atoms with Crippen LogP contribution < -0.4 is 15.2 Å². The van der Waals surface area contributed by atoms with E-state index in [1.54, 1.807) is 14.2 Å². The molecule has 1 aliphatic heterocycles. The molecule has 1 aromatic carbocycles. The van der Waals surface area contributed by atoms with Crippen molar-refractivity contribution in [1.82, 2.24) is 9.80 Å². The van der Waals surface area contributed by atoms with Gasteiger partial charge in [-0.05, 0) is 32.2 Å².